The Kier molecular flexibility index (Phi) is 3.45. The van der Waals surface area contributed by atoms with Crippen molar-refractivity contribution in [3.63, 3.8) is 0 Å². The molecule has 0 aliphatic carbocycles. The summed E-state index contributed by atoms with van der Waals surface area (Å²) in [6.07, 6.45) is -0.307. The maximum absolute atomic E-state index is 13.2. The zero-order valence-corrected chi connectivity index (χ0v) is 7.79. The van der Waals surface area contributed by atoms with E-state index in [2.05, 4.69) is 0 Å². The van der Waals surface area contributed by atoms with Crippen molar-refractivity contribution in [2.75, 3.05) is 6.61 Å². The number of halogens is 1. The monoisotopic (exact) mass is 198 g/mol. The van der Waals surface area contributed by atoms with Crippen molar-refractivity contribution in [1.29, 1.82) is 0 Å². The summed E-state index contributed by atoms with van der Waals surface area (Å²) in [4.78, 5) is 10.3. The van der Waals surface area contributed by atoms with Crippen LogP contribution in [0.5, 0.6) is 5.75 Å². The minimum Gasteiger partial charge on any atom is -0.494 e. The number of rotatable bonds is 4. The number of carbonyl (C=O) groups is 1. The van der Waals surface area contributed by atoms with Gasteiger partial charge >= 0.3 is 5.97 Å². The van der Waals surface area contributed by atoms with Gasteiger partial charge in [0.1, 0.15) is 11.6 Å². The largest absolute Gasteiger partial charge is 0.494 e. The molecule has 0 fully saturated rings. The van der Waals surface area contributed by atoms with Crippen LogP contribution >= 0.6 is 0 Å². The molecule has 1 N–H and O–H groups in total. The second-order valence-corrected chi connectivity index (χ2v) is 2.76. The molecule has 3 nitrogen and oxygen atoms in total. The van der Waals surface area contributed by atoms with Crippen LogP contribution in [0.3, 0.4) is 0 Å². The molecule has 0 atom stereocenters. The smallest absolute Gasteiger partial charge is 0.307 e. The van der Waals surface area contributed by atoms with Gasteiger partial charge in [0.25, 0.3) is 0 Å². The molecule has 0 saturated heterocycles. The maximum Gasteiger partial charge on any atom is 0.307 e. The summed E-state index contributed by atoms with van der Waals surface area (Å²) < 4.78 is 18.2. The number of carboxylic acid groups (broad SMARTS) is 1. The van der Waals surface area contributed by atoms with E-state index in [0.717, 1.165) is 0 Å². The molecule has 4 heteroatoms. The molecule has 0 saturated carbocycles. The van der Waals surface area contributed by atoms with E-state index in [1.165, 1.54) is 12.1 Å². The highest BCUT2D eigenvalue weighted by atomic mass is 19.1. The molecular formula is C10H11FO3. The van der Waals surface area contributed by atoms with Gasteiger partial charge in [-0.05, 0) is 18.6 Å². The summed E-state index contributed by atoms with van der Waals surface area (Å²) >= 11 is 0. The summed E-state index contributed by atoms with van der Waals surface area (Å²) in [5, 5.41) is 8.47. The van der Waals surface area contributed by atoms with Gasteiger partial charge in [-0.1, -0.05) is 6.07 Å². The van der Waals surface area contributed by atoms with Gasteiger partial charge in [-0.25, -0.2) is 4.39 Å². The van der Waals surface area contributed by atoms with Crippen LogP contribution in [0.15, 0.2) is 18.2 Å². The molecule has 76 valence electrons. The molecule has 1 aromatic carbocycles. The number of carboxylic acids is 1. The topological polar surface area (TPSA) is 46.5 Å². The first-order valence-corrected chi connectivity index (χ1v) is 4.26. The van der Waals surface area contributed by atoms with E-state index in [4.69, 9.17) is 9.84 Å². The molecule has 14 heavy (non-hydrogen) atoms. The molecule has 1 aromatic rings. The van der Waals surface area contributed by atoms with Crippen LogP contribution in [0.2, 0.25) is 0 Å². The number of hydrogen-bond donors (Lipinski definition) is 1. The summed E-state index contributed by atoms with van der Waals surface area (Å²) in [6, 6.07) is 4.18. The lowest BCUT2D eigenvalue weighted by Crippen LogP contribution is -2.03. The molecular weight excluding hydrogens is 187 g/mol. The van der Waals surface area contributed by atoms with Gasteiger partial charge in [0.15, 0.2) is 0 Å². The van der Waals surface area contributed by atoms with Crippen molar-refractivity contribution in [3.8, 4) is 5.75 Å². The first kappa shape index (κ1) is 10.5. The molecule has 1 rings (SSSR count). The Bertz CT molecular complexity index is 336. The minimum absolute atomic E-state index is 0.168. The lowest BCUT2D eigenvalue weighted by Gasteiger charge is -2.04. The predicted octanol–water partition coefficient (Wildman–Crippen LogP) is 1.85. The van der Waals surface area contributed by atoms with Crippen LogP contribution < -0.4 is 4.74 Å². The Morgan fingerprint density at radius 1 is 1.57 bits per heavy atom. The average molecular weight is 198 g/mol. The summed E-state index contributed by atoms with van der Waals surface area (Å²) in [6.45, 7) is 2.25. The van der Waals surface area contributed by atoms with Gasteiger partial charge in [0, 0.05) is 6.07 Å². The summed E-state index contributed by atoms with van der Waals surface area (Å²) in [5.41, 5.74) is 0.168. The third-order valence-corrected chi connectivity index (χ3v) is 1.68. The Morgan fingerprint density at radius 3 is 2.79 bits per heavy atom. The van der Waals surface area contributed by atoms with Gasteiger partial charge in [-0.15, -0.1) is 0 Å². The Hall–Kier alpha value is -1.58. The molecule has 0 unspecified atom stereocenters. The maximum atomic E-state index is 13.2. The first-order valence-electron chi connectivity index (χ1n) is 4.26. The number of aliphatic carboxylic acids is 1. The van der Waals surface area contributed by atoms with Gasteiger partial charge in [-0.3, -0.25) is 4.79 Å². The zero-order valence-electron chi connectivity index (χ0n) is 7.79. The standard InChI is InChI=1S/C10H11FO3/c1-2-14-8-4-3-7(5-10(12)13)9(11)6-8/h3-4,6H,2,5H2,1H3,(H,12,13). The van der Waals surface area contributed by atoms with Crippen LogP contribution in [0, 0.1) is 5.82 Å². The van der Waals surface area contributed by atoms with E-state index in [1.807, 2.05) is 0 Å². The third-order valence-electron chi connectivity index (χ3n) is 1.68. The van der Waals surface area contributed by atoms with Gasteiger partial charge in [0.2, 0.25) is 0 Å². The summed E-state index contributed by atoms with van der Waals surface area (Å²) in [7, 11) is 0. The molecule has 0 heterocycles. The number of hydrogen-bond acceptors (Lipinski definition) is 2. The van der Waals surface area contributed by atoms with Crippen molar-refractivity contribution in [2.24, 2.45) is 0 Å². The fraction of sp³-hybridized carbons (Fsp3) is 0.300. The number of ether oxygens (including phenoxy) is 1. The summed E-state index contributed by atoms with van der Waals surface area (Å²) in [5.74, 6) is -1.18. The second kappa shape index (κ2) is 4.60. The highest BCUT2D eigenvalue weighted by molar-refractivity contribution is 5.70. The quantitative estimate of drug-likeness (QED) is 0.803. The average Bonchev–Trinajstić information content (AvgIpc) is 2.10. The van der Waals surface area contributed by atoms with Crippen molar-refractivity contribution in [1.82, 2.24) is 0 Å². The van der Waals surface area contributed by atoms with E-state index >= 15 is 0 Å². The molecule has 0 spiro atoms. The highest BCUT2D eigenvalue weighted by Crippen LogP contribution is 2.16. The Labute approximate surface area is 81.1 Å². The third kappa shape index (κ3) is 2.73. The predicted molar refractivity (Wildman–Crippen MR) is 48.9 cm³/mol. The highest BCUT2D eigenvalue weighted by Gasteiger charge is 2.07. The molecule has 0 aromatic heterocycles. The van der Waals surface area contributed by atoms with Gasteiger partial charge in [-0.2, -0.15) is 0 Å². The van der Waals surface area contributed by atoms with Crippen LogP contribution in [0.25, 0.3) is 0 Å². The van der Waals surface area contributed by atoms with Gasteiger partial charge in [0.05, 0.1) is 13.0 Å². The van der Waals surface area contributed by atoms with Crippen LogP contribution in [-0.4, -0.2) is 17.7 Å². The van der Waals surface area contributed by atoms with E-state index in [9.17, 15) is 9.18 Å². The fourth-order valence-corrected chi connectivity index (χ4v) is 1.09. The van der Waals surface area contributed by atoms with Crippen LogP contribution in [0.1, 0.15) is 12.5 Å². The zero-order chi connectivity index (χ0) is 10.6. The van der Waals surface area contributed by atoms with E-state index < -0.39 is 11.8 Å². The molecule has 0 aliphatic rings. The molecule has 0 bridgehead atoms. The van der Waals surface area contributed by atoms with Gasteiger partial charge < -0.3 is 9.84 Å². The van der Waals surface area contributed by atoms with Crippen molar-refractivity contribution >= 4 is 5.97 Å². The van der Waals surface area contributed by atoms with Crippen molar-refractivity contribution < 1.29 is 19.0 Å². The van der Waals surface area contributed by atoms with E-state index in [1.54, 1.807) is 13.0 Å². The van der Waals surface area contributed by atoms with Crippen molar-refractivity contribution in [2.45, 2.75) is 13.3 Å². The van der Waals surface area contributed by atoms with Crippen molar-refractivity contribution in [3.05, 3.63) is 29.6 Å². The molecule has 0 amide bonds. The number of benzene rings is 1. The van der Waals surface area contributed by atoms with E-state index in [-0.39, 0.29) is 12.0 Å². The lowest BCUT2D eigenvalue weighted by atomic mass is 10.1. The fourth-order valence-electron chi connectivity index (χ4n) is 1.09. The molecule has 0 radical (unpaired) electrons. The normalized spacial score (nSPS) is 9.86. The second-order valence-electron chi connectivity index (χ2n) is 2.76. The van der Waals surface area contributed by atoms with Crippen LogP contribution in [-0.2, 0) is 11.2 Å². The SMILES string of the molecule is CCOc1ccc(CC(=O)O)c(F)c1. The Balaban J connectivity index is 2.84. The van der Waals surface area contributed by atoms with E-state index in [0.29, 0.717) is 12.4 Å². The Morgan fingerprint density at radius 2 is 2.29 bits per heavy atom. The van der Waals surface area contributed by atoms with Crippen LogP contribution in [0.4, 0.5) is 4.39 Å². The lowest BCUT2D eigenvalue weighted by molar-refractivity contribution is -0.136. The minimum atomic E-state index is -1.05. The molecule has 0 aliphatic heterocycles. The first-order chi connectivity index (χ1) is 6.63.